The van der Waals surface area contributed by atoms with Gasteiger partial charge in [0.2, 0.25) is 0 Å². The number of hydrogen-bond donors (Lipinski definition) is 1. The molecule has 0 unspecified atom stereocenters. The molecule has 1 N–H and O–H groups in total. The van der Waals surface area contributed by atoms with Crippen LogP contribution in [-0.2, 0) is 9.59 Å². The first kappa shape index (κ1) is 23.1. The van der Waals surface area contributed by atoms with Gasteiger partial charge < -0.3 is 9.47 Å². The Labute approximate surface area is 195 Å². The number of thiocarbonyl (C=S) groups is 1. The quantitative estimate of drug-likeness (QED) is 0.359. The standard InChI is InChI=1S/C22H20Cl2N2O4S/c1-4-12(2)30-19-17(24)9-13(10-18(19)29-3)8-16-20(27)25-22(31)26(21(16)28)15-7-5-6-14(23)11-15/h5-12H,4H2,1-3H3,(H,25,27,31)/b16-8+/t12-/m1/s1. The number of amides is 2. The van der Waals surface area contributed by atoms with E-state index in [9.17, 15) is 9.59 Å². The predicted octanol–water partition coefficient (Wildman–Crippen LogP) is 5.01. The Kier molecular flexibility index (Phi) is 7.20. The summed E-state index contributed by atoms with van der Waals surface area (Å²) in [6.45, 7) is 3.91. The van der Waals surface area contributed by atoms with Crippen molar-refractivity contribution < 1.29 is 19.1 Å². The topological polar surface area (TPSA) is 67.9 Å². The van der Waals surface area contributed by atoms with Crippen LogP contribution in [0.15, 0.2) is 42.0 Å². The Balaban J connectivity index is 2.01. The maximum absolute atomic E-state index is 13.1. The molecule has 2 aromatic rings. The third kappa shape index (κ3) is 5.01. The minimum atomic E-state index is -0.608. The number of hydrogen-bond acceptors (Lipinski definition) is 5. The van der Waals surface area contributed by atoms with E-state index in [4.69, 9.17) is 44.9 Å². The van der Waals surface area contributed by atoms with Crippen LogP contribution in [0.3, 0.4) is 0 Å². The van der Waals surface area contributed by atoms with Crippen LogP contribution in [0.25, 0.3) is 6.08 Å². The molecule has 1 aliphatic rings. The Morgan fingerprint density at radius 2 is 1.97 bits per heavy atom. The number of benzene rings is 2. The normalized spacial score (nSPS) is 16.4. The highest BCUT2D eigenvalue weighted by atomic mass is 35.5. The van der Waals surface area contributed by atoms with E-state index in [0.717, 1.165) is 6.42 Å². The van der Waals surface area contributed by atoms with E-state index in [0.29, 0.717) is 32.8 Å². The van der Waals surface area contributed by atoms with Crippen molar-refractivity contribution in [2.24, 2.45) is 0 Å². The van der Waals surface area contributed by atoms with Gasteiger partial charge in [-0.25, -0.2) is 0 Å². The average Bonchev–Trinajstić information content (AvgIpc) is 2.72. The first-order valence-electron chi connectivity index (χ1n) is 9.46. The molecule has 1 saturated heterocycles. The van der Waals surface area contributed by atoms with Crippen LogP contribution >= 0.6 is 35.4 Å². The number of carbonyl (C=O) groups excluding carboxylic acids is 2. The lowest BCUT2D eigenvalue weighted by atomic mass is 10.1. The summed E-state index contributed by atoms with van der Waals surface area (Å²) in [5.74, 6) is -0.387. The van der Waals surface area contributed by atoms with Gasteiger partial charge in [0.05, 0.1) is 23.9 Å². The molecule has 1 fully saturated rings. The molecule has 6 nitrogen and oxygen atoms in total. The van der Waals surface area contributed by atoms with E-state index in [1.165, 1.54) is 18.1 Å². The number of anilines is 1. The molecule has 0 aromatic heterocycles. The van der Waals surface area contributed by atoms with Crippen molar-refractivity contribution in [1.82, 2.24) is 5.32 Å². The highest BCUT2D eigenvalue weighted by molar-refractivity contribution is 7.80. The molecule has 0 bridgehead atoms. The lowest BCUT2D eigenvalue weighted by Crippen LogP contribution is -2.54. The monoisotopic (exact) mass is 478 g/mol. The Morgan fingerprint density at radius 3 is 2.61 bits per heavy atom. The number of halogens is 2. The minimum absolute atomic E-state index is 0.0256. The van der Waals surface area contributed by atoms with Gasteiger partial charge in [0.25, 0.3) is 11.8 Å². The number of carbonyl (C=O) groups is 2. The minimum Gasteiger partial charge on any atom is -0.493 e. The van der Waals surface area contributed by atoms with E-state index in [-0.39, 0.29) is 16.8 Å². The van der Waals surface area contributed by atoms with Crippen molar-refractivity contribution in [3.63, 3.8) is 0 Å². The lowest BCUT2D eigenvalue weighted by molar-refractivity contribution is -0.122. The van der Waals surface area contributed by atoms with Crippen LogP contribution < -0.4 is 19.7 Å². The van der Waals surface area contributed by atoms with Gasteiger partial charge in [-0.15, -0.1) is 0 Å². The fraction of sp³-hybridized carbons (Fsp3) is 0.227. The van der Waals surface area contributed by atoms with Gasteiger partial charge in [0.15, 0.2) is 16.6 Å². The first-order chi connectivity index (χ1) is 14.7. The largest absolute Gasteiger partial charge is 0.493 e. The van der Waals surface area contributed by atoms with E-state index >= 15 is 0 Å². The second kappa shape index (κ2) is 9.68. The highest BCUT2D eigenvalue weighted by Gasteiger charge is 2.34. The molecule has 2 aromatic carbocycles. The summed E-state index contributed by atoms with van der Waals surface area (Å²) in [4.78, 5) is 26.9. The van der Waals surface area contributed by atoms with Gasteiger partial charge in [-0.05, 0) is 67.5 Å². The molecule has 0 aliphatic carbocycles. The van der Waals surface area contributed by atoms with Crippen LogP contribution in [0.1, 0.15) is 25.8 Å². The summed E-state index contributed by atoms with van der Waals surface area (Å²) in [7, 11) is 1.49. The summed E-state index contributed by atoms with van der Waals surface area (Å²) >= 11 is 17.6. The highest BCUT2D eigenvalue weighted by Crippen LogP contribution is 2.38. The molecule has 9 heteroatoms. The molecule has 162 valence electrons. The number of nitrogens with one attached hydrogen (secondary N) is 1. The molecule has 2 amide bonds. The Bertz CT molecular complexity index is 1090. The second-order valence-corrected chi connectivity index (χ2v) is 8.04. The molecule has 3 rings (SSSR count). The molecule has 31 heavy (non-hydrogen) atoms. The number of methoxy groups -OCH3 is 1. The van der Waals surface area contributed by atoms with E-state index in [1.807, 2.05) is 13.8 Å². The van der Waals surface area contributed by atoms with Crippen LogP contribution in [0.4, 0.5) is 5.69 Å². The van der Waals surface area contributed by atoms with Crippen molar-refractivity contribution >= 4 is 64.1 Å². The zero-order chi connectivity index (χ0) is 22.7. The molecule has 0 saturated carbocycles. The number of nitrogens with zero attached hydrogens (tertiary/aromatic N) is 1. The summed E-state index contributed by atoms with van der Waals surface area (Å²) in [6, 6.07) is 9.87. The molecule has 1 aliphatic heterocycles. The van der Waals surface area contributed by atoms with Crippen LogP contribution in [-0.4, -0.2) is 30.1 Å². The first-order valence-corrected chi connectivity index (χ1v) is 10.6. The Hall–Kier alpha value is -2.61. The van der Waals surface area contributed by atoms with Gasteiger partial charge in [0.1, 0.15) is 5.57 Å². The fourth-order valence-electron chi connectivity index (χ4n) is 2.90. The maximum Gasteiger partial charge on any atom is 0.270 e. The van der Waals surface area contributed by atoms with Crippen molar-refractivity contribution in [3.8, 4) is 11.5 Å². The lowest BCUT2D eigenvalue weighted by Gasteiger charge is -2.29. The zero-order valence-electron chi connectivity index (χ0n) is 17.1. The van der Waals surface area contributed by atoms with Crippen molar-refractivity contribution in [2.75, 3.05) is 12.0 Å². The van der Waals surface area contributed by atoms with Crippen LogP contribution in [0.2, 0.25) is 10.0 Å². The zero-order valence-corrected chi connectivity index (χ0v) is 19.4. The van der Waals surface area contributed by atoms with Gasteiger partial charge in [-0.2, -0.15) is 0 Å². The molecule has 0 spiro atoms. The molecular formula is C22H20Cl2N2O4S. The van der Waals surface area contributed by atoms with Gasteiger partial charge >= 0.3 is 0 Å². The molecule has 1 heterocycles. The predicted molar refractivity (Wildman–Crippen MR) is 126 cm³/mol. The summed E-state index contributed by atoms with van der Waals surface area (Å²) in [5, 5.41) is 3.25. The second-order valence-electron chi connectivity index (χ2n) is 6.81. The third-order valence-corrected chi connectivity index (χ3v) is 5.43. The van der Waals surface area contributed by atoms with Gasteiger partial charge in [-0.3, -0.25) is 19.8 Å². The fourth-order valence-corrected chi connectivity index (χ4v) is 3.63. The summed E-state index contributed by atoms with van der Waals surface area (Å²) < 4.78 is 11.2. The third-order valence-electron chi connectivity index (χ3n) is 4.62. The van der Waals surface area contributed by atoms with E-state index < -0.39 is 11.8 Å². The number of ether oxygens (including phenoxy) is 2. The maximum atomic E-state index is 13.1. The smallest absolute Gasteiger partial charge is 0.270 e. The number of rotatable bonds is 6. The van der Waals surface area contributed by atoms with Crippen LogP contribution in [0, 0.1) is 0 Å². The SMILES string of the molecule is CC[C@@H](C)Oc1c(Cl)cc(/C=C2\C(=O)NC(=S)N(c3cccc(Cl)c3)C2=O)cc1OC. The van der Waals surface area contributed by atoms with Crippen LogP contribution in [0.5, 0.6) is 11.5 Å². The van der Waals surface area contributed by atoms with E-state index in [1.54, 1.807) is 36.4 Å². The van der Waals surface area contributed by atoms with E-state index in [2.05, 4.69) is 5.32 Å². The average molecular weight is 479 g/mol. The molecule has 1 atom stereocenters. The van der Waals surface area contributed by atoms with Crippen molar-refractivity contribution in [1.29, 1.82) is 0 Å². The van der Waals surface area contributed by atoms with Crippen molar-refractivity contribution in [3.05, 3.63) is 57.6 Å². The van der Waals surface area contributed by atoms with Gasteiger partial charge in [0, 0.05) is 5.02 Å². The Morgan fingerprint density at radius 1 is 1.23 bits per heavy atom. The molecular weight excluding hydrogens is 459 g/mol. The van der Waals surface area contributed by atoms with Gasteiger partial charge in [-0.1, -0.05) is 36.2 Å². The van der Waals surface area contributed by atoms with Crippen molar-refractivity contribution in [2.45, 2.75) is 26.4 Å². The summed E-state index contributed by atoms with van der Waals surface area (Å²) in [5.41, 5.74) is 0.833. The summed E-state index contributed by atoms with van der Waals surface area (Å²) in [6.07, 6.45) is 2.16. The molecule has 0 radical (unpaired) electrons.